The fourth-order valence-corrected chi connectivity index (χ4v) is 8.84. The minimum Gasteiger partial charge on any atom is -0.246 e. The van der Waals surface area contributed by atoms with E-state index in [-0.39, 0.29) is 11.1 Å². The Hall–Kier alpha value is -0.740. The highest BCUT2D eigenvalue weighted by Crippen LogP contribution is 2.53. The average Bonchev–Trinajstić information content (AvgIpc) is 3.88. The monoisotopic (exact) mass is 591 g/mol. The van der Waals surface area contributed by atoms with E-state index >= 15 is 0 Å². The van der Waals surface area contributed by atoms with Crippen LogP contribution in [0.4, 0.5) is 0 Å². The molecular weight excluding hydrogens is 516 g/mol. The van der Waals surface area contributed by atoms with E-state index in [0.717, 1.165) is 60.8 Å². The first-order valence-electron chi connectivity index (χ1n) is 19.0. The number of carbonyl (C=O) groups excluding carboxylic acids is 2. The van der Waals surface area contributed by atoms with Crippen LogP contribution in [0.2, 0.25) is 0 Å². The van der Waals surface area contributed by atoms with E-state index in [2.05, 4.69) is 55.4 Å². The maximum absolute atomic E-state index is 14.1. The zero-order valence-corrected chi connectivity index (χ0v) is 29.8. The van der Waals surface area contributed by atoms with Gasteiger partial charge in [-0.3, -0.25) is 0 Å². The van der Waals surface area contributed by atoms with Gasteiger partial charge in [0.25, 0.3) is 0 Å². The Morgan fingerprint density at radius 2 is 0.905 bits per heavy atom. The number of amides is 2. The molecule has 2 fully saturated rings. The summed E-state index contributed by atoms with van der Waals surface area (Å²) < 4.78 is 1.51. The summed E-state index contributed by atoms with van der Waals surface area (Å²) in [5, 5.41) is 0. The van der Waals surface area contributed by atoms with Crippen LogP contribution in [0, 0.1) is 11.8 Å². The summed E-state index contributed by atoms with van der Waals surface area (Å²) >= 11 is 0. The lowest BCUT2D eigenvalue weighted by atomic mass is 9.94. The molecule has 2 saturated heterocycles. The topological polar surface area (TPSA) is 34.1 Å². The van der Waals surface area contributed by atoms with Gasteiger partial charge in [0.15, 0.2) is 11.1 Å². The van der Waals surface area contributed by atoms with Crippen molar-refractivity contribution in [2.75, 3.05) is 26.2 Å². The molecule has 2 heterocycles. The highest BCUT2D eigenvalue weighted by atomic mass is 16.2. The Kier molecular flexibility index (Phi) is 15.8. The number of nitrogens with zero attached hydrogens (tertiary/aromatic N) is 2. The Morgan fingerprint density at radius 3 is 1.19 bits per heavy atom. The molecular formula is C38H74N2O2+2. The van der Waals surface area contributed by atoms with Gasteiger partial charge in [-0.2, -0.15) is 0 Å². The van der Waals surface area contributed by atoms with Gasteiger partial charge >= 0.3 is 11.8 Å². The Labute approximate surface area is 262 Å². The zero-order valence-electron chi connectivity index (χ0n) is 29.8. The summed E-state index contributed by atoms with van der Waals surface area (Å²) in [6, 6.07) is 0. The molecule has 0 aliphatic carbocycles. The van der Waals surface area contributed by atoms with Crippen LogP contribution in [0.5, 0.6) is 0 Å². The Morgan fingerprint density at radius 1 is 0.548 bits per heavy atom. The maximum atomic E-state index is 14.1. The number of unbranched alkanes of at least 4 members (excludes halogenated alkanes) is 5. The molecule has 0 bridgehead atoms. The fraction of sp³-hybridized carbons (Fsp3) is 0.947. The normalized spacial score (nSPS) is 29.8. The van der Waals surface area contributed by atoms with Crippen molar-refractivity contribution in [3.8, 4) is 0 Å². The van der Waals surface area contributed by atoms with Gasteiger partial charge in [-0.25, -0.2) is 18.6 Å². The van der Waals surface area contributed by atoms with Gasteiger partial charge in [0, 0.05) is 37.5 Å². The highest BCUT2D eigenvalue weighted by molar-refractivity contribution is 5.73. The second-order valence-electron chi connectivity index (χ2n) is 14.8. The molecule has 2 aliphatic rings. The summed E-state index contributed by atoms with van der Waals surface area (Å²) in [6.45, 7) is 22.7. The van der Waals surface area contributed by atoms with Crippen LogP contribution < -0.4 is 0 Å². The molecule has 246 valence electrons. The highest BCUT2D eigenvalue weighted by Gasteiger charge is 2.72. The van der Waals surface area contributed by atoms with E-state index in [9.17, 15) is 9.59 Å². The number of carbonyl (C=O) groups is 2. The lowest BCUT2D eigenvalue weighted by Crippen LogP contribution is -2.45. The van der Waals surface area contributed by atoms with Crippen LogP contribution in [-0.4, -0.2) is 58.0 Å². The van der Waals surface area contributed by atoms with Crippen LogP contribution in [0.15, 0.2) is 0 Å². The summed E-state index contributed by atoms with van der Waals surface area (Å²) in [6.07, 6.45) is 22.5. The summed E-state index contributed by atoms with van der Waals surface area (Å²) in [5.74, 6) is 2.29. The maximum Gasteiger partial charge on any atom is 0.314 e. The Bertz CT molecular complexity index is 747. The van der Waals surface area contributed by atoms with Crippen LogP contribution >= 0.6 is 0 Å². The van der Waals surface area contributed by atoms with Crippen molar-refractivity contribution < 1.29 is 18.6 Å². The van der Waals surface area contributed by atoms with Crippen molar-refractivity contribution in [2.24, 2.45) is 11.8 Å². The predicted octanol–water partition coefficient (Wildman–Crippen LogP) is 10.4. The smallest absolute Gasteiger partial charge is 0.246 e. The summed E-state index contributed by atoms with van der Waals surface area (Å²) in [5.41, 5.74) is 0.371. The van der Waals surface area contributed by atoms with Crippen molar-refractivity contribution in [1.82, 2.24) is 0 Å². The van der Waals surface area contributed by atoms with Gasteiger partial charge in [-0.1, -0.05) is 93.9 Å². The number of quaternary nitrogens is 2. The van der Waals surface area contributed by atoms with Crippen LogP contribution in [0.3, 0.4) is 0 Å². The minimum absolute atomic E-state index is 0.186. The molecule has 0 saturated carbocycles. The van der Waals surface area contributed by atoms with Gasteiger partial charge in [0.1, 0.15) is 13.1 Å². The fourth-order valence-electron chi connectivity index (χ4n) is 8.84. The van der Waals surface area contributed by atoms with Gasteiger partial charge in [-0.15, -0.1) is 0 Å². The van der Waals surface area contributed by atoms with E-state index in [1.54, 1.807) is 0 Å². The third kappa shape index (κ3) is 8.49. The van der Waals surface area contributed by atoms with Crippen molar-refractivity contribution in [1.29, 1.82) is 0 Å². The van der Waals surface area contributed by atoms with E-state index in [4.69, 9.17) is 0 Å². The van der Waals surface area contributed by atoms with Crippen LogP contribution in [0.25, 0.3) is 0 Å². The molecule has 2 rings (SSSR count). The standard InChI is InChI=1S/C38H74N2O2/c1-9-17-23-33(13-5)29-39(31-37(39,15-7)27-19-11-3)35(41)25-21-22-26-36(42)40(30-34(14-6)24-18-10-2)32-38(40,16-8)28-20-12-4/h33-34H,9-32H2,1-8H3/q+2. The van der Waals surface area contributed by atoms with Crippen molar-refractivity contribution >= 4 is 11.8 Å². The molecule has 0 spiro atoms. The van der Waals surface area contributed by atoms with Gasteiger partial charge < -0.3 is 0 Å². The molecule has 2 aliphatic heterocycles. The molecule has 0 N–H and O–H groups in total. The molecule has 0 aromatic carbocycles. The summed E-state index contributed by atoms with van der Waals surface area (Å²) in [7, 11) is 0. The van der Waals surface area contributed by atoms with Gasteiger partial charge in [-0.05, 0) is 51.4 Å². The first-order valence-corrected chi connectivity index (χ1v) is 19.0. The van der Waals surface area contributed by atoms with Crippen LogP contribution in [-0.2, 0) is 9.59 Å². The molecule has 4 nitrogen and oxygen atoms in total. The molecule has 2 amide bonds. The number of hydrogen-bond acceptors (Lipinski definition) is 2. The van der Waals surface area contributed by atoms with E-state index in [0.29, 0.717) is 36.5 Å². The van der Waals surface area contributed by atoms with E-state index in [1.807, 2.05) is 0 Å². The van der Waals surface area contributed by atoms with Crippen LogP contribution in [0.1, 0.15) is 184 Å². The summed E-state index contributed by atoms with van der Waals surface area (Å²) in [4.78, 5) is 28.2. The van der Waals surface area contributed by atoms with Crippen molar-refractivity contribution in [2.45, 2.75) is 195 Å². The second kappa shape index (κ2) is 17.7. The molecule has 42 heavy (non-hydrogen) atoms. The third-order valence-corrected chi connectivity index (χ3v) is 12.3. The first kappa shape index (κ1) is 37.4. The average molecular weight is 591 g/mol. The molecule has 6 unspecified atom stereocenters. The predicted molar refractivity (Wildman–Crippen MR) is 180 cm³/mol. The number of rotatable bonds is 25. The Balaban J connectivity index is 2.08. The molecule has 0 radical (unpaired) electrons. The molecule has 4 heteroatoms. The van der Waals surface area contributed by atoms with Crippen molar-refractivity contribution in [3.63, 3.8) is 0 Å². The quantitative estimate of drug-likeness (QED) is 0.0602. The van der Waals surface area contributed by atoms with E-state index < -0.39 is 0 Å². The van der Waals surface area contributed by atoms with E-state index in [1.165, 1.54) is 89.9 Å². The molecule has 0 aromatic heterocycles. The van der Waals surface area contributed by atoms with Crippen molar-refractivity contribution in [3.05, 3.63) is 0 Å². The number of hydrogen-bond donors (Lipinski definition) is 0. The lowest BCUT2D eigenvalue weighted by Gasteiger charge is -2.29. The molecule has 6 atom stereocenters. The minimum atomic E-state index is 0.186. The van der Waals surface area contributed by atoms with Gasteiger partial charge in [0.2, 0.25) is 0 Å². The SMILES string of the molecule is CCCCC(CC)C[N+]1(C(=O)CCCCC(=O)[N+]2(CC(CC)CCCC)CC2(CC)CCCC)CC1(CC)CCCC. The van der Waals surface area contributed by atoms with Gasteiger partial charge in [0.05, 0.1) is 25.9 Å². The third-order valence-electron chi connectivity index (χ3n) is 12.3. The lowest BCUT2D eigenvalue weighted by molar-refractivity contribution is -0.758. The zero-order chi connectivity index (χ0) is 31.3. The largest absolute Gasteiger partial charge is 0.314 e. The first-order chi connectivity index (χ1) is 20.2. The molecule has 0 aromatic rings. The second-order valence-corrected chi connectivity index (χ2v) is 14.8.